The van der Waals surface area contributed by atoms with Crippen LogP contribution in [-0.4, -0.2) is 26.5 Å². The van der Waals surface area contributed by atoms with E-state index in [1.165, 1.54) is 29.8 Å². The number of ether oxygens (including phenoxy) is 1. The normalized spacial score (nSPS) is 16.7. The highest BCUT2D eigenvalue weighted by Crippen LogP contribution is 2.37. The van der Waals surface area contributed by atoms with E-state index < -0.39 is 26.8 Å². The molecule has 0 aliphatic rings. The second kappa shape index (κ2) is 9.58. The van der Waals surface area contributed by atoms with Crippen LogP contribution >= 0.6 is 11.3 Å². The quantitative estimate of drug-likeness (QED) is 0.406. The highest BCUT2D eigenvalue weighted by molar-refractivity contribution is 7.94. The molecule has 0 aliphatic carbocycles. The summed E-state index contributed by atoms with van der Waals surface area (Å²) in [6.45, 7) is 3.75. The summed E-state index contributed by atoms with van der Waals surface area (Å²) in [5, 5.41) is 1.07. The third kappa shape index (κ3) is 5.29. The molecule has 4 atom stereocenters. The van der Waals surface area contributed by atoms with E-state index in [1.807, 2.05) is 26.0 Å². The number of nitrogens with zero attached hydrogens (tertiary/aromatic N) is 2. The fraction of sp³-hybridized carbons (Fsp3) is 0.364. The number of rotatable bonds is 8. The summed E-state index contributed by atoms with van der Waals surface area (Å²) in [6.07, 6.45) is -1.46. The molecule has 0 saturated carbocycles. The minimum absolute atomic E-state index is 0.251. The molecule has 32 heavy (non-hydrogen) atoms. The Bertz CT molecular complexity index is 1110. The Morgan fingerprint density at radius 1 is 1.09 bits per heavy atom. The van der Waals surface area contributed by atoms with Crippen molar-refractivity contribution in [2.75, 3.05) is 7.11 Å². The van der Waals surface area contributed by atoms with Crippen LogP contribution in [-0.2, 0) is 15.9 Å². The van der Waals surface area contributed by atoms with Crippen molar-refractivity contribution in [2.24, 2.45) is 0 Å². The fourth-order valence-electron chi connectivity index (χ4n) is 3.59. The van der Waals surface area contributed by atoms with Gasteiger partial charge in [-0.25, -0.2) is 14.0 Å². The number of pyridine rings is 1. The lowest BCUT2D eigenvalue weighted by atomic mass is 9.89. The van der Waals surface area contributed by atoms with E-state index in [4.69, 9.17) is 9.52 Å². The molecule has 0 bridgehead atoms. The molecule has 4 unspecified atom stereocenters. The summed E-state index contributed by atoms with van der Waals surface area (Å²) in [6, 6.07) is 9.70. The minimum Gasteiger partial charge on any atom is -0.497 e. The van der Waals surface area contributed by atoms with Gasteiger partial charge in [-0.05, 0) is 47.6 Å². The highest BCUT2D eigenvalue weighted by atomic mass is 32.2. The molecule has 0 amide bonds. The molecule has 0 aliphatic heterocycles. The van der Waals surface area contributed by atoms with Crippen LogP contribution in [0.15, 0.2) is 58.5 Å². The Morgan fingerprint density at radius 2 is 1.75 bits per heavy atom. The Balaban J connectivity index is 1.93. The second-order valence-corrected chi connectivity index (χ2v) is 11.0. The van der Waals surface area contributed by atoms with Gasteiger partial charge in [0.2, 0.25) is 0 Å². The van der Waals surface area contributed by atoms with Crippen LogP contribution in [0.4, 0.5) is 13.2 Å². The van der Waals surface area contributed by atoms with Crippen LogP contribution in [0.5, 0.6) is 5.75 Å². The molecule has 2 aromatic heterocycles. The lowest BCUT2D eigenvalue weighted by molar-refractivity contribution is -0.141. The molecule has 5 nitrogen and oxygen atoms in total. The topological polar surface area (TPSA) is 75.9 Å². The first-order valence-electron chi connectivity index (χ1n) is 9.88. The number of methoxy groups -OCH3 is 1. The lowest BCUT2D eigenvalue weighted by Crippen LogP contribution is -2.28. The Kier molecular flexibility index (Phi) is 7.24. The molecule has 2 heterocycles. The number of thiazole rings is 1. The average molecular weight is 484 g/mol. The van der Waals surface area contributed by atoms with E-state index in [2.05, 4.69) is 9.97 Å². The fourth-order valence-corrected chi connectivity index (χ4v) is 6.83. The molecule has 1 N–H and O–H groups in total. The van der Waals surface area contributed by atoms with Crippen molar-refractivity contribution in [2.45, 2.75) is 47.9 Å². The van der Waals surface area contributed by atoms with Crippen molar-refractivity contribution < 1.29 is 22.1 Å². The van der Waals surface area contributed by atoms with Gasteiger partial charge >= 0.3 is 6.18 Å². The van der Waals surface area contributed by atoms with Gasteiger partial charge in [-0.1, -0.05) is 32.0 Å². The van der Waals surface area contributed by atoms with Crippen molar-refractivity contribution in [3.05, 3.63) is 71.0 Å². The van der Waals surface area contributed by atoms with Crippen LogP contribution in [0.1, 0.15) is 48.9 Å². The number of nitrogens with one attached hydrogen (secondary N) is 1. The number of aromatic nitrogens is 2. The number of alkyl halides is 3. The molecule has 3 aromatic rings. The molecule has 0 fully saturated rings. The molecular formula is C22H24F3N3O2S2. The van der Waals surface area contributed by atoms with Crippen LogP contribution in [0.25, 0.3) is 0 Å². The van der Waals surface area contributed by atoms with Gasteiger partial charge in [0, 0.05) is 17.8 Å². The van der Waals surface area contributed by atoms with Crippen LogP contribution in [0.2, 0.25) is 0 Å². The van der Waals surface area contributed by atoms with Crippen molar-refractivity contribution in [1.29, 1.82) is 4.78 Å². The van der Waals surface area contributed by atoms with E-state index >= 15 is 0 Å². The second-order valence-electron chi connectivity index (χ2n) is 7.61. The zero-order chi connectivity index (χ0) is 23.5. The molecule has 172 valence electrons. The SMILES string of the molecule is COc1ccc(C(C)C(CC(C)c2ccc(C(F)(F)F)nc2)S(=N)(=O)c2nccs2)cc1. The molecule has 0 spiro atoms. The smallest absolute Gasteiger partial charge is 0.433 e. The number of benzene rings is 1. The van der Waals surface area contributed by atoms with Crippen molar-refractivity contribution in [3.63, 3.8) is 0 Å². The van der Waals surface area contributed by atoms with Gasteiger partial charge in [0.15, 0.2) is 4.34 Å². The third-order valence-corrected chi connectivity index (χ3v) is 9.20. The third-order valence-electron chi connectivity index (χ3n) is 5.53. The van der Waals surface area contributed by atoms with Gasteiger partial charge in [-0.3, -0.25) is 4.98 Å². The van der Waals surface area contributed by atoms with Gasteiger partial charge in [-0.15, -0.1) is 11.3 Å². The summed E-state index contributed by atoms with van der Waals surface area (Å²) in [7, 11) is -1.71. The van der Waals surface area contributed by atoms with Gasteiger partial charge < -0.3 is 4.74 Å². The van der Waals surface area contributed by atoms with Crippen molar-refractivity contribution in [1.82, 2.24) is 9.97 Å². The Hall–Kier alpha value is -2.46. The van der Waals surface area contributed by atoms with E-state index in [1.54, 1.807) is 24.6 Å². The Labute approximate surface area is 189 Å². The number of hydrogen-bond donors (Lipinski definition) is 1. The lowest BCUT2D eigenvalue weighted by Gasteiger charge is -2.28. The standard InChI is InChI=1S/C22H24F3N3O2S2/c1-14(17-6-9-20(28-13-17)22(23,24)25)12-19(32(26,29)21-27-10-11-31-21)15(2)16-4-7-18(30-3)8-5-16/h4-11,13-15,19,26H,12H2,1-3H3. The summed E-state index contributed by atoms with van der Waals surface area (Å²) in [4.78, 5) is 7.67. The summed E-state index contributed by atoms with van der Waals surface area (Å²) < 4.78 is 66.4. The monoisotopic (exact) mass is 483 g/mol. The maximum Gasteiger partial charge on any atom is 0.433 e. The van der Waals surface area contributed by atoms with Gasteiger partial charge in [0.1, 0.15) is 21.2 Å². The first-order chi connectivity index (χ1) is 15.0. The first-order valence-corrected chi connectivity index (χ1v) is 12.4. The zero-order valence-corrected chi connectivity index (χ0v) is 19.4. The number of hydrogen-bond acceptors (Lipinski definition) is 6. The number of halogens is 3. The van der Waals surface area contributed by atoms with E-state index in [9.17, 15) is 17.4 Å². The molecule has 0 saturated heterocycles. The predicted octanol–water partition coefficient (Wildman–Crippen LogP) is 6.34. The summed E-state index contributed by atoms with van der Waals surface area (Å²) in [5.74, 6) is 0.162. The minimum atomic E-state index is -4.51. The molecule has 3 rings (SSSR count). The van der Waals surface area contributed by atoms with Crippen LogP contribution in [0, 0.1) is 4.78 Å². The summed E-state index contributed by atoms with van der Waals surface area (Å²) >= 11 is 1.17. The van der Waals surface area contributed by atoms with Gasteiger partial charge in [0.05, 0.1) is 12.4 Å². The van der Waals surface area contributed by atoms with Crippen molar-refractivity contribution >= 4 is 21.1 Å². The average Bonchev–Trinajstić information content (AvgIpc) is 3.32. The maximum atomic E-state index is 13.7. The van der Waals surface area contributed by atoms with Crippen LogP contribution < -0.4 is 4.74 Å². The van der Waals surface area contributed by atoms with E-state index in [-0.39, 0.29) is 16.2 Å². The van der Waals surface area contributed by atoms with Gasteiger partial charge in [-0.2, -0.15) is 13.2 Å². The van der Waals surface area contributed by atoms with E-state index in [0.717, 1.165) is 11.6 Å². The molecule has 0 radical (unpaired) electrons. The zero-order valence-electron chi connectivity index (χ0n) is 17.8. The van der Waals surface area contributed by atoms with E-state index in [0.29, 0.717) is 17.7 Å². The first kappa shape index (κ1) is 24.2. The van der Waals surface area contributed by atoms with Crippen molar-refractivity contribution in [3.8, 4) is 5.75 Å². The predicted molar refractivity (Wildman–Crippen MR) is 119 cm³/mol. The highest BCUT2D eigenvalue weighted by Gasteiger charge is 2.35. The molecular weight excluding hydrogens is 459 g/mol. The van der Waals surface area contributed by atoms with Crippen LogP contribution in [0.3, 0.4) is 0 Å². The Morgan fingerprint density at radius 3 is 2.25 bits per heavy atom. The summed E-state index contributed by atoms with van der Waals surface area (Å²) in [5.41, 5.74) is 0.535. The molecule has 1 aromatic carbocycles. The molecule has 10 heteroatoms. The van der Waals surface area contributed by atoms with Gasteiger partial charge in [0.25, 0.3) is 0 Å². The largest absolute Gasteiger partial charge is 0.497 e. The maximum absolute atomic E-state index is 13.7.